The van der Waals surface area contributed by atoms with Crippen molar-refractivity contribution in [2.24, 2.45) is 16.8 Å². The molecule has 0 unspecified atom stereocenters. The number of hydrogen-bond acceptors (Lipinski definition) is 4. The maximum atomic E-state index is 11.9. The van der Waals surface area contributed by atoms with Gasteiger partial charge in [0, 0.05) is 52.1 Å². The minimum Gasteiger partial charge on any atom is -0.355 e. The number of nitrogens with zero attached hydrogens (tertiary/aromatic N) is 3. The van der Waals surface area contributed by atoms with Crippen LogP contribution in [0, 0.1) is 11.8 Å². The molecule has 0 aromatic carbocycles. The minimum absolute atomic E-state index is 0.373. The molecule has 0 atom stereocenters. The van der Waals surface area contributed by atoms with Crippen LogP contribution in [0.15, 0.2) is 4.99 Å². The lowest BCUT2D eigenvalue weighted by Crippen LogP contribution is -2.56. The van der Waals surface area contributed by atoms with Gasteiger partial charge < -0.3 is 10.2 Å². The zero-order chi connectivity index (χ0) is 20.2. The van der Waals surface area contributed by atoms with Gasteiger partial charge >= 0.3 is 0 Å². The number of rotatable bonds is 5. The fraction of sp³-hybridized carbons (Fsp3) is 0.950. The average molecular weight is 401 g/mol. The quantitative estimate of drug-likeness (QED) is 0.566. The van der Waals surface area contributed by atoms with E-state index in [4.69, 9.17) is 0 Å². The van der Waals surface area contributed by atoms with Crippen molar-refractivity contribution in [3.8, 4) is 0 Å². The van der Waals surface area contributed by atoms with Crippen molar-refractivity contribution >= 4 is 15.8 Å². The monoisotopic (exact) mass is 400 g/mol. The predicted octanol–water partition coefficient (Wildman–Crippen LogP) is 2.22. The van der Waals surface area contributed by atoms with Crippen molar-refractivity contribution in [3.05, 3.63) is 0 Å². The molecule has 1 N–H and O–H groups in total. The van der Waals surface area contributed by atoms with E-state index in [2.05, 4.69) is 34.0 Å². The molecule has 0 spiro atoms. The second-order valence-electron chi connectivity index (χ2n) is 9.27. The number of guanidine groups is 1. The van der Waals surface area contributed by atoms with Gasteiger partial charge in [0.2, 0.25) is 0 Å². The summed E-state index contributed by atoms with van der Waals surface area (Å²) in [5.41, 5.74) is 0. The van der Waals surface area contributed by atoms with E-state index in [9.17, 15) is 8.42 Å². The van der Waals surface area contributed by atoms with E-state index >= 15 is 0 Å². The lowest BCUT2D eigenvalue weighted by Gasteiger charge is -2.43. The summed E-state index contributed by atoms with van der Waals surface area (Å²) < 4.78 is 23.0. The highest BCUT2D eigenvalue weighted by atomic mass is 32.2. The predicted molar refractivity (Wildman–Crippen MR) is 114 cm³/mol. The molecule has 0 aromatic heterocycles. The van der Waals surface area contributed by atoms with Gasteiger partial charge in [0.15, 0.2) is 15.8 Å². The summed E-state index contributed by atoms with van der Waals surface area (Å²) in [6.07, 6.45) is 6.69. The first-order chi connectivity index (χ1) is 12.5. The van der Waals surface area contributed by atoms with Gasteiger partial charge in [-0.1, -0.05) is 13.8 Å². The Morgan fingerprint density at radius 3 is 2.11 bits per heavy atom. The second-order valence-corrected chi connectivity index (χ2v) is 11.9. The van der Waals surface area contributed by atoms with Gasteiger partial charge in [-0.15, -0.1) is 0 Å². The molecule has 2 aliphatic rings. The van der Waals surface area contributed by atoms with Gasteiger partial charge in [-0.05, 0) is 51.4 Å². The van der Waals surface area contributed by atoms with Crippen molar-refractivity contribution in [2.45, 2.75) is 64.2 Å². The molecule has 1 saturated heterocycles. The molecule has 7 heteroatoms. The van der Waals surface area contributed by atoms with Crippen LogP contribution in [0.25, 0.3) is 0 Å². The normalized spacial score (nSPS) is 26.5. The molecule has 0 amide bonds. The van der Waals surface area contributed by atoms with Crippen molar-refractivity contribution in [1.29, 1.82) is 0 Å². The Kier molecular flexibility index (Phi) is 7.59. The van der Waals surface area contributed by atoms with Gasteiger partial charge in [-0.2, -0.15) is 0 Å². The molecule has 1 saturated carbocycles. The molecule has 0 radical (unpaired) electrons. The highest BCUT2D eigenvalue weighted by Gasteiger charge is 2.32. The first-order valence-electron chi connectivity index (χ1n) is 10.4. The molecule has 2 rings (SSSR count). The number of piperazine rings is 1. The topological polar surface area (TPSA) is 65.0 Å². The highest BCUT2D eigenvalue weighted by Crippen LogP contribution is 2.32. The summed E-state index contributed by atoms with van der Waals surface area (Å²) in [7, 11) is -1.34. The molecule has 27 heavy (non-hydrogen) atoms. The summed E-state index contributed by atoms with van der Waals surface area (Å²) in [5, 5.41) is 3.28. The van der Waals surface area contributed by atoms with Crippen LogP contribution in [0.4, 0.5) is 0 Å². The Labute approximate surface area is 166 Å². The van der Waals surface area contributed by atoms with E-state index in [0.717, 1.165) is 50.0 Å². The van der Waals surface area contributed by atoms with Gasteiger partial charge in [0.25, 0.3) is 0 Å². The van der Waals surface area contributed by atoms with Crippen LogP contribution in [-0.4, -0.2) is 81.0 Å². The van der Waals surface area contributed by atoms with Crippen molar-refractivity contribution in [1.82, 2.24) is 15.1 Å². The highest BCUT2D eigenvalue weighted by molar-refractivity contribution is 7.92. The van der Waals surface area contributed by atoms with E-state index in [0.29, 0.717) is 6.54 Å². The third-order valence-electron chi connectivity index (χ3n) is 6.70. The first kappa shape index (κ1) is 22.5. The zero-order valence-corrected chi connectivity index (χ0v) is 19.0. The van der Waals surface area contributed by atoms with E-state index < -0.39 is 14.6 Å². The standard InChI is InChI=1S/C20H40N4O2S/c1-16(2)17-7-9-18(10-8-17)23-11-13-24(14-12-23)19(21-5)22-15-20(3,4)27(6,25)26/h16-18H,7-15H2,1-6H3,(H,21,22). The number of nitrogens with one attached hydrogen (secondary N) is 1. The molecule has 2 fully saturated rings. The Hall–Kier alpha value is -0.820. The molecule has 1 aliphatic carbocycles. The summed E-state index contributed by atoms with van der Waals surface area (Å²) in [4.78, 5) is 9.29. The maximum absolute atomic E-state index is 11.9. The van der Waals surface area contributed by atoms with E-state index in [1.165, 1.54) is 31.9 Å². The number of aliphatic imine (C=N–C) groups is 1. The van der Waals surface area contributed by atoms with Gasteiger partial charge in [-0.25, -0.2) is 8.42 Å². The lowest BCUT2D eigenvalue weighted by atomic mass is 9.79. The Morgan fingerprint density at radius 2 is 1.67 bits per heavy atom. The van der Waals surface area contributed by atoms with E-state index in [-0.39, 0.29) is 0 Å². The van der Waals surface area contributed by atoms with E-state index in [1.54, 1.807) is 20.9 Å². The smallest absolute Gasteiger partial charge is 0.193 e. The molecule has 158 valence electrons. The van der Waals surface area contributed by atoms with Crippen molar-refractivity contribution in [3.63, 3.8) is 0 Å². The molecule has 0 bridgehead atoms. The SMILES string of the molecule is CN=C(NCC(C)(C)S(C)(=O)=O)N1CCN(C2CCC(C(C)C)CC2)CC1. The van der Waals surface area contributed by atoms with Crippen LogP contribution >= 0.6 is 0 Å². The molecule has 0 aromatic rings. The van der Waals surface area contributed by atoms with Gasteiger partial charge in [0.1, 0.15) is 0 Å². The summed E-state index contributed by atoms with van der Waals surface area (Å²) in [6, 6.07) is 0.737. The molecule has 1 heterocycles. The van der Waals surface area contributed by atoms with Gasteiger partial charge in [0.05, 0.1) is 4.75 Å². The molecular formula is C20H40N4O2S. The summed E-state index contributed by atoms with van der Waals surface area (Å²) >= 11 is 0. The summed E-state index contributed by atoms with van der Waals surface area (Å²) in [6.45, 7) is 12.6. The Bertz CT molecular complexity index is 599. The fourth-order valence-corrected chi connectivity index (χ4v) is 4.52. The third kappa shape index (κ3) is 5.83. The molecular weight excluding hydrogens is 360 g/mol. The van der Waals surface area contributed by atoms with Crippen LogP contribution in [-0.2, 0) is 9.84 Å². The molecule has 6 nitrogen and oxygen atoms in total. The van der Waals surface area contributed by atoms with Crippen LogP contribution in [0.3, 0.4) is 0 Å². The third-order valence-corrected chi connectivity index (χ3v) is 8.85. The van der Waals surface area contributed by atoms with Crippen LogP contribution in [0.1, 0.15) is 53.4 Å². The molecule has 1 aliphatic heterocycles. The summed E-state index contributed by atoms with van der Waals surface area (Å²) in [5.74, 6) is 2.53. The van der Waals surface area contributed by atoms with Crippen molar-refractivity contribution in [2.75, 3.05) is 46.0 Å². The number of hydrogen-bond donors (Lipinski definition) is 1. The first-order valence-corrected chi connectivity index (χ1v) is 12.3. The fourth-order valence-electron chi connectivity index (χ4n) is 4.19. The van der Waals surface area contributed by atoms with Crippen LogP contribution in [0.2, 0.25) is 0 Å². The van der Waals surface area contributed by atoms with Gasteiger partial charge in [-0.3, -0.25) is 9.89 Å². The average Bonchev–Trinajstić information content (AvgIpc) is 2.62. The zero-order valence-electron chi connectivity index (χ0n) is 18.2. The van der Waals surface area contributed by atoms with E-state index in [1.807, 2.05) is 0 Å². The number of sulfone groups is 1. The Balaban J connectivity index is 1.82. The van der Waals surface area contributed by atoms with Crippen LogP contribution < -0.4 is 5.32 Å². The lowest BCUT2D eigenvalue weighted by molar-refractivity contribution is 0.0864. The second kappa shape index (κ2) is 9.12. The van der Waals surface area contributed by atoms with Crippen LogP contribution in [0.5, 0.6) is 0 Å². The van der Waals surface area contributed by atoms with Crippen molar-refractivity contribution < 1.29 is 8.42 Å². The minimum atomic E-state index is -3.12. The Morgan fingerprint density at radius 1 is 1.11 bits per heavy atom. The maximum Gasteiger partial charge on any atom is 0.193 e. The largest absolute Gasteiger partial charge is 0.355 e.